The first-order valence-corrected chi connectivity index (χ1v) is 27.1. The minimum atomic E-state index is -1.93. The number of aliphatic hydroxyl groups is 15. The maximum Gasteiger partial charge on any atom is 0.200 e. The minimum Gasteiger partial charge on any atom is -0.394 e. The zero-order chi connectivity index (χ0) is 55.0. The number of hydrogen-bond donors (Lipinski definition) is 15. The summed E-state index contributed by atoms with van der Waals surface area (Å²) in [4.78, 5) is 0. The Morgan fingerprint density at radius 3 is 1.79 bits per heavy atom. The Hall–Kier alpha value is -1.26. The third-order valence-electron chi connectivity index (χ3n) is 20.1. The van der Waals surface area contributed by atoms with Crippen LogP contribution in [0.3, 0.4) is 0 Å². The second kappa shape index (κ2) is 21.5. The topological polar surface area (TPSA) is 396 Å². The Morgan fingerprint density at radius 2 is 1.13 bits per heavy atom. The zero-order valence-electron chi connectivity index (χ0n) is 43.5. The van der Waals surface area contributed by atoms with Gasteiger partial charge in [0.2, 0.25) is 0 Å². The Morgan fingerprint density at radius 1 is 0.566 bits per heavy atom. The van der Waals surface area contributed by atoms with E-state index in [2.05, 4.69) is 13.0 Å². The summed E-state index contributed by atoms with van der Waals surface area (Å²) in [7, 11) is 0. The molecule has 35 atom stereocenters. The SMILES string of the molecule is CC1COC2(OC3CC4C5CC=C6CC(O)CC(OC7OC(CO)C(O)C(O)C7OC7OC(C)C(O)C(OC8OC(CO)C(O)C(O)C8O)C7O)C6(C)C5CC(O)C4(C)C3C2C)C(O)C1OC1OC(C)C(O)C(O)C1O. The molecule has 6 saturated heterocycles. The Labute approximate surface area is 439 Å². The van der Waals surface area contributed by atoms with Gasteiger partial charge in [0, 0.05) is 35.0 Å². The molecule has 10 aliphatic rings. The van der Waals surface area contributed by atoms with E-state index >= 15 is 0 Å². The lowest BCUT2D eigenvalue weighted by atomic mass is 9.45. The highest BCUT2D eigenvalue weighted by Crippen LogP contribution is 2.71. The summed E-state index contributed by atoms with van der Waals surface area (Å²) in [6.07, 6.45) is -33.5. The molecule has 1 spiro atoms. The first-order valence-electron chi connectivity index (χ1n) is 27.1. The van der Waals surface area contributed by atoms with Crippen LogP contribution < -0.4 is 0 Å². The van der Waals surface area contributed by atoms with Crippen LogP contribution in [-0.2, 0) is 47.4 Å². The first-order chi connectivity index (χ1) is 35.8. The molecule has 10 rings (SSSR count). The van der Waals surface area contributed by atoms with Gasteiger partial charge in [-0.05, 0) is 57.3 Å². The number of allylic oxidation sites excluding steroid dienone is 1. The molecule has 6 aliphatic heterocycles. The van der Waals surface area contributed by atoms with Crippen molar-refractivity contribution in [3.05, 3.63) is 11.6 Å². The largest absolute Gasteiger partial charge is 0.394 e. The molecule has 35 unspecified atom stereocenters. The van der Waals surface area contributed by atoms with E-state index in [0.29, 0.717) is 19.3 Å². The monoisotopic (exact) mass is 1090 g/mol. The van der Waals surface area contributed by atoms with E-state index in [4.69, 9.17) is 47.4 Å². The van der Waals surface area contributed by atoms with Crippen molar-refractivity contribution in [1.29, 1.82) is 0 Å². The van der Waals surface area contributed by atoms with E-state index in [-0.39, 0.29) is 43.1 Å². The van der Waals surface area contributed by atoms with Crippen LogP contribution in [0, 0.1) is 46.3 Å². The summed E-state index contributed by atoms with van der Waals surface area (Å²) in [6, 6.07) is 0. The van der Waals surface area contributed by atoms with Crippen LogP contribution in [0.15, 0.2) is 11.6 Å². The molecule has 25 heteroatoms. The van der Waals surface area contributed by atoms with Gasteiger partial charge < -0.3 is 124 Å². The lowest BCUT2D eigenvalue weighted by Crippen LogP contribution is -2.67. The summed E-state index contributed by atoms with van der Waals surface area (Å²) < 4.78 is 61.8. The number of aliphatic hydroxyl groups excluding tert-OH is 15. The third kappa shape index (κ3) is 9.11. The van der Waals surface area contributed by atoms with Crippen molar-refractivity contribution in [3.8, 4) is 0 Å². The lowest BCUT2D eigenvalue weighted by molar-refractivity contribution is -0.388. The first kappa shape index (κ1) is 58.0. The fraction of sp³-hybridized carbons (Fsp3) is 0.961. The highest BCUT2D eigenvalue weighted by Gasteiger charge is 2.74. The van der Waals surface area contributed by atoms with E-state index in [1.807, 2.05) is 20.8 Å². The van der Waals surface area contributed by atoms with E-state index in [1.165, 1.54) is 6.92 Å². The summed E-state index contributed by atoms with van der Waals surface area (Å²) in [6.45, 7) is 9.37. The van der Waals surface area contributed by atoms with Gasteiger partial charge in [0.15, 0.2) is 30.9 Å². The van der Waals surface area contributed by atoms with Crippen LogP contribution >= 0.6 is 0 Å². The number of ether oxygens (including phenoxy) is 10. The second-order valence-corrected chi connectivity index (χ2v) is 24.2. The van der Waals surface area contributed by atoms with Crippen molar-refractivity contribution in [1.82, 2.24) is 0 Å². The molecule has 15 N–H and O–H groups in total. The van der Waals surface area contributed by atoms with Gasteiger partial charge in [0.25, 0.3) is 0 Å². The maximum atomic E-state index is 12.7. The molecule has 0 amide bonds. The molecular weight excluding hydrogens is 1010 g/mol. The fourth-order valence-electron chi connectivity index (χ4n) is 15.7. The van der Waals surface area contributed by atoms with E-state index in [9.17, 15) is 76.6 Å². The maximum absolute atomic E-state index is 12.7. The van der Waals surface area contributed by atoms with Gasteiger partial charge in [-0.2, -0.15) is 0 Å². The molecule has 6 heterocycles. The van der Waals surface area contributed by atoms with Crippen molar-refractivity contribution >= 4 is 0 Å². The predicted octanol–water partition coefficient (Wildman–Crippen LogP) is -5.05. The van der Waals surface area contributed by atoms with Crippen LogP contribution in [0.1, 0.15) is 73.6 Å². The Kier molecular flexibility index (Phi) is 16.4. The molecule has 436 valence electrons. The van der Waals surface area contributed by atoms with Crippen molar-refractivity contribution in [3.63, 3.8) is 0 Å². The molecular formula is C51H82O25. The Bertz CT molecular complexity index is 2060. The standard InChI is InChI=1S/C51H82O25/c1-16-15-67-51(44(66)41(16)73-45-38(63)35(60)31(56)18(3)68-45)17(2)30-25(76-51)11-23-22-8-7-20-9-21(54)10-29(49(20,5)24(22)12-28(55)50(23,30)6)72-48-43(37(62)34(59)27(14-53)71-48)75-47-40(65)42(32(57)19(4)69-47)74-46-39(64)36(61)33(58)26(13-52)70-46/h7,16-19,21-48,52-66H,8-15H2,1-6H3. The third-order valence-corrected chi connectivity index (χ3v) is 20.1. The van der Waals surface area contributed by atoms with Crippen molar-refractivity contribution < 1.29 is 124 Å². The normalized spacial score (nSPS) is 59.3. The van der Waals surface area contributed by atoms with Crippen LogP contribution in [0.4, 0.5) is 0 Å². The molecule has 0 aromatic heterocycles. The summed E-state index contributed by atoms with van der Waals surface area (Å²) >= 11 is 0. The molecule has 0 radical (unpaired) electrons. The van der Waals surface area contributed by atoms with Crippen LogP contribution in [0.2, 0.25) is 0 Å². The second-order valence-electron chi connectivity index (χ2n) is 24.2. The molecule has 0 aromatic rings. The fourth-order valence-corrected chi connectivity index (χ4v) is 15.7. The zero-order valence-corrected chi connectivity index (χ0v) is 43.5. The lowest BCUT2D eigenvalue weighted by Gasteiger charge is -2.62. The van der Waals surface area contributed by atoms with Crippen molar-refractivity contribution in [2.75, 3.05) is 19.8 Å². The van der Waals surface area contributed by atoms with E-state index in [1.54, 1.807) is 6.92 Å². The van der Waals surface area contributed by atoms with Crippen LogP contribution in [0.5, 0.6) is 0 Å². The molecule has 4 aliphatic carbocycles. The van der Waals surface area contributed by atoms with Gasteiger partial charge in [-0.15, -0.1) is 0 Å². The highest BCUT2D eigenvalue weighted by atomic mass is 16.8. The molecule has 3 saturated carbocycles. The predicted molar refractivity (Wildman–Crippen MR) is 251 cm³/mol. The number of hydrogen-bond acceptors (Lipinski definition) is 25. The average molecular weight is 1100 g/mol. The van der Waals surface area contributed by atoms with Gasteiger partial charge in [-0.1, -0.05) is 39.3 Å². The van der Waals surface area contributed by atoms with Gasteiger partial charge >= 0.3 is 0 Å². The summed E-state index contributed by atoms with van der Waals surface area (Å²) in [5.41, 5.74) is -0.788. The minimum absolute atomic E-state index is 0.0527. The molecule has 9 fully saturated rings. The van der Waals surface area contributed by atoms with Gasteiger partial charge in [-0.25, -0.2) is 0 Å². The van der Waals surface area contributed by atoms with Crippen LogP contribution in [0.25, 0.3) is 0 Å². The molecule has 25 nitrogen and oxygen atoms in total. The highest BCUT2D eigenvalue weighted by molar-refractivity contribution is 5.30. The smallest absolute Gasteiger partial charge is 0.200 e. The Balaban J connectivity index is 0.884. The number of rotatable bonds is 10. The molecule has 0 bridgehead atoms. The number of fused-ring (bicyclic) bond motifs is 7. The van der Waals surface area contributed by atoms with E-state index in [0.717, 1.165) is 5.57 Å². The molecule has 0 aromatic carbocycles. The van der Waals surface area contributed by atoms with Gasteiger partial charge in [0.1, 0.15) is 91.6 Å². The van der Waals surface area contributed by atoms with Crippen LogP contribution in [-0.4, -0.2) is 262 Å². The van der Waals surface area contributed by atoms with Gasteiger partial charge in [0.05, 0.1) is 62.5 Å². The van der Waals surface area contributed by atoms with Crippen molar-refractivity contribution in [2.24, 2.45) is 46.3 Å². The quantitative estimate of drug-likeness (QED) is 0.0911. The summed E-state index contributed by atoms with van der Waals surface area (Å²) in [5.74, 6) is -3.25. The summed E-state index contributed by atoms with van der Waals surface area (Å²) in [5, 5.41) is 165. The van der Waals surface area contributed by atoms with Gasteiger partial charge in [-0.3, -0.25) is 0 Å². The molecule has 76 heavy (non-hydrogen) atoms. The van der Waals surface area contributed by atoms with Crippen molar-refractivity contribution in [2.45, 2.75) is 239 Å². The average Bonchev–Trinajstić information content (AvgIpc) is 4.01. The van der Waals surface area contributed by atoms with E-state index < -0.39 is 201 Å².